The molecular formula is C15H18N2O. The van der Waals surface area contributed by atoms with Crippen LogP contribution in [0.5, 0.6) is 11.6 Å². The largest absolute Gasteiger partial charge is 0.439 e. The van der Waals surface area contributed by atoms with Gasteiger partial charge < -0.3 is 10.5 Å². The zero-order valence-electron chi connectivity index (χ0n) is 10.8. The van der Waals surface area contributed by atoms with Crippen molar-refractivity contribution in [3.05, 3.63) is 53.7 Å². The van der Waals surface area contributed by atoms with Gasteiger partial charge in [0.15, 0.2) is 0 Å². The second kappa shape index (κ2) is 5.65. The number of aryl methyl sites for hydroxylation is 1. The highest BCUT2D eigenvalue weighted by molar-refractivity contribution is 5.35. The Bertz CT molecular complexity index is 506. The lowest BCUT2D eigenvalue weighted by Gasteiger charge is -2.12. The minimum Gasteiger partial charge on any atom is -0.439 e. The fourth-order valence-corrected chi connectivity index (χ4v) is 1.74. The summed E-state index contributed by atoms with van der Waals surface area (Å²) in [7, 11) is 0. The van der Waals surface area contributed by atoms with Crippen molar-refractivity contribution in [1.82, 2.24) is 4.98 Å². The Balaban J connectivity index is 2.22. The molecule has 0 aliphatic rings. The Hall–Kier alpha value is -1.87. The average Bonchev–Trinajstić information content (AvgIpc) is 2.40. The molecule has 0 radical (unpaired) electrons. The summed E-state index contributed by atoms with van der Waals surface area (Å²) in [5.41, 5.74) is 8.10. The quantitative estimate of drug-likeness (QED) is 0.893. The number of benzene rings is 1. The highest BCUT2D eigenvalue weighted by atomic mass is 16.5. The van der Waals surface area contributed by atoms with Gasteiger partial charge in [0.2, 0.25) is 5.88 Å². The number of ether oxygens (including phenoxy) is 1. The predicted octanol–water partition coefficient (Wildman–Crippen LogP) is 3.46. The lowest BCUT2D eigenvalue weighted by atomic mass is 10.1. The van der Waals surface area contributed by atoms with Crippen molar-refractivity contribution in [2.24, 2.45) is 5.73 Å². The predicted molar refractivity (Wildman–Crippen MR) is 72.7 cm³/mol. The van der Waals surface area contributed by atoms with E-state index in [9.17, 15) is 0 Å². The number of rotatable bonds is 4. The molecule has 2 N–H and O–H groups in total. The first-order chi connectivity index (χ1) is 8.70. The van der Waals surface area contributed by atoms with Crippen molar-refractivity contribution in [2.45, 2.75) is 26.3 Å². The van der Waals surface area contributed by atoms with Crippen LogP contribution in [0.25, 0.3) is 0 Å². The standard InChI is InChI=1S/C15H18N2O/c1-3-12-6-8-13(9-7-12)18-15-14(11(2)16)5-4-10-17-15/h4-11H,3,16H2,1-2H3/t11-/m1/s1. The van der Waals surface area contributed by atoms with Crippen molar-refractivity contribution < 1.29 is 4.74 Å². The molecule has 1 aromatic heterocycles. The van der Waals surface area contributed by atoms with E-state index in [1.807, 2.05) is 31.2 Å². The third-order valence-corrected chi connectivity index (χ3v) is 2.84. The molecule has 1 atom stereocenters. The van der Waals surface area contributed by atoms with Gasteiger partial charge in [0.1, 0.15) is 5.75 Å². The van der Waals surface area contributed by atoms with Crippen molar-refractivity contribution in [3.63, 3.8) is 0 Å². The number of hydrogen-bond acceptors (Lipinski definition) is 3. The summed E-state index contributed by atoms with van der Waals surface area (Å²) in [5, 5.41) is 0. The highest BCUT2D eigenvalue weighted by Crippen LogP contribution is 2.26. The molecule has 2 aromatic rings. The van der Waals surface area contributed by atoms with Gasteiger partial charge in [-0.05, 0) is 37.1 Å². The summed E-state index contributed by atoms with van der Waals surface area (Å²) in [6.07, 6.45) is 2.73. The summed E-state index contributed by atoms with van der Waals surface area (Å²) >= 11 is 0. The molecule has 0 saturated heterocycles. The van der Waals surface area contributed by atoms with Gasteiger partial charge in [-0.1, -0.05) is 25.1 Å². The first kappa shape index (κ1) is 12.6. The Labute approximate surface area is 108 Å². The number of nitrogens with zero attached hydrogens (tertiary/aromatic N) is 1. The summed E-state index contributed by atoms with van der Waals surface area (Å²) in [6.45, 7) is 4.05. The minimum atomic E-state index is -0.0939. The number of pyridine rings is 1. The van der Waals surface area contributed by atoms with E-state index in [0.717, 1.165) is 17.7 Å². The van der Waals surface area contributed by atoms with Crippen LogP contribution < -0.4 is 10.5 Å². The summed E-state index contributed by atoms with van der Waals surface area (Å²) < 4.78 is 5.78. The maximum Gasteiger partial charge on any atom is 0.223 e. The molecule has 1 heterocycles. The van der Waals surface area contributed by atoms with E-state index < -0.39 is 0 Å². The summed E-state index contributed by atoms with van der Waals surface area (Å²) in [6, 6.07) is 11.7. The van der Waals surface area contributed by atoms with Crippen molar-refractivity contribution in [1.29, 1.82) is 0 Å². The van der Waals surface area contributed by atoms with Crippen LogP contribution in [0.15, 0.2) is 42.6 Å². The molecule has 0 saturated carbocycles. The van der Waals surface area contributed by atoms with Gasteiger partial charge in [0, 0.05) is 17.8 Å². The monoisotopic (exact) mass is 242 g/mol. The first-order valence-corrected chi connectivity index (χ1v) is 6.18. The van der Waals surface area contributed by atoms with Gasteiger partial charge in [-0.15, -0.1) is 0 Å². The molecule has 0 fully saturated rings. The lowest BCUT2D eigenvalue weighted by Crippen LogP contribution is -2.07. The fraction of sp³-hybridized carbons (Fsp3) is 0.267. The van der Waals surface area contributed by atoms with Crippen molar-refractivity contribution >= 4 is 0 Å². The second-order valence-corrected chi connectivity index (χ2v) is 4.29. The van der Waals surface area contributed by atoms with E-state index in [-0.39, 0.29) is 6.04 Å². The van der Waals surface area contributed by atoms with E-state index in [4.69, 9.17) is 10.5 Å². The molecule has 0 amide bonds. The molecule has 0 spiro atoms. The zero-order valence-corrected chi connectivity index (χ0v) is 10.8. The summed E-state index contributed by atoms with van der Waals surface area (Å²) in [4.78, 5) is 4.24. The second-order valence-electron chi connectivity index (χ2n) is 4.29. The molecule has 2 rings (SSSR count). The van der Waals surface area contributed by atoms with Crippen molar-refractivity contribution in [2.75, 3.05) is 0 Å². The topological polar surface area (TPSA) is 48.1 Å². The number of aromatic nitrogens is 1. The Morgan fingerprint density at radius 2 is 1.94 bits per heavy atom. The molecule has 94 valence electrons. The van der Waals surface area contributed by atoms with Crippen LogP contribution in [0, 0.1) is 0 Å². The number of hydrogen-bond donors (Lipinski definition) is 1. The molecular weight excluding hydrogens is 224 g/mol. The first-order valence-electron chi connectivity index (χ1n) is 6.18. The fourth-order valence-electron chi connectivity index (χ4n) is 1.74. The zero-order chi connectivity index (χ0) is 13.0. The smallest absolute Gasteiger partial charge is 0.223 e. The van der Waals surface area contributed by atoms with E-state index in [0.29, 0.717) is 5.88 Å². The van der Waals surface area contributed by atoms with E-state index in [1.165, 1.54) is 5.56 Å². The maximum atomic E-state index is 5.89. The Morgan fingerprint density at radius 1 is 1.22 bits per heavy atom. The summed E-state index contributed by atoms with van der Waals surface area (Å²) in [5.74, 6) is 1.37. The SMILES string of the molecule is CCc1ccc(Oc2ncccc2[C@@H](C)N)cc1. The number of nitrogens with two attached hydrogens (primary N) is 1. The van der Waals surface area contributed by atoms with Crippen LogP contribution in [-0.4, -0.2) is 4.98 Å². The molecule has 0 aliphatic heterocycles. The van der Waals surface area contributed by atoms with Gasteiger partial charge in [-0.25, -0.2) is 4.98 Å². The molecule has 0 aliphatic carbocycles. The van der Waals surface area contributed by atoms with E-state index >= 15 is 0 Å². The third-order valence-electron chi connectivity index (χ3n) is 2.84. The van der Waals surface area contributed by atoms with Gasteiger partial charge in [0.05, 0.1) is 0 Å². The van der Waals surface area contributed by atoms with Crippen LogP contribution in [0.2, 0.25) is 0 Å². The highest BCUT2D eigenvalue weighted by Gasteiger charge is 2.09. The minimum absolute atomic E-state index is 0.0939. The van der Waals surface area contributed by atoms with Crippen LogP contribution in [-0.2, 0) is 6.42 Å². The average molecular weight is 242 g/mol. The maximum absolute atomic E-state index is 5.89. The van der Waals surface area contributed by atoms with Gasteiger partial charge >= 0.3 is 0 Å². The van der Waals surface area contributed by atoms with E-state index in [1.54, 1.807) is 6.20 Å². The normalized spacial score (nSPS) is 12.2. The Kier molecular flexibility index (Phi) is 3.95. The van der Waals surface area contributed by atoms with Crippen molar-refractivity contribution in [3.8, 4) is 11.6 Å². The Morgan fingerprint density at radius 3 is 2.56 bits per heavy atom. The van der Waals surface area contributed by atoms with Crippen LogP contribution in [0.3, 0.4) is 0 Å². The molecule has 0 bridgehead atoms. The van der Waals surface area contributed by atoms with Crippen LogP contribution in [0.4, 0.5) is 0 Å². The molecule has 3 heteroatoms. The van der Waals surface area contributed by atoms with Gasteiger partial charge in [-0.3, -0.25) is 0 Å². The van der Waals surface area contributed by atoms with Gasteiger partial charge in [0.25, 0.3) is 0 Å². The van der Waals surface area contributed by atoms with Crippen LogP contribution in [0.1, 0.15) is 31.0 Å². The molecule has 3 nitrogen and oxygen atoms in total. The molecule has 0 unspecified atom stereocenters. The van der Waals surface area contributed by atoms with E-state index in [2.05, 4.69) is 24.0 Å². The molecule has 1 aromatic carbocycles. The van der Waals surface area contributed by atoms with Gasteiger partial charge in [-0.2, -0.15) is 0 Å². The molecule has 18 heavy (non-hydrogen) atoms. The lowest BCUT2D eigenvalue weighted by molar-refractivity contribution is 0.452. The third kappa shape index (κ3) is 2.87. The van der Waals surface area contributed by atoms with Crippen LogP contribution >= 0.6 is 0 Å².